The van der Waals surface area contributed by atoms with Gasteiger partial charge < -0.3 is 14.3 Å². The van der Waals surface area contributed by atoms with Crippen LogP contribution in [0.25, 0.3) is 0 Å². The van der Waals surface area contributed by atoms with E-state index in [1.54, 1.807) is 0 Å². The Kier molecular flexibility index (Phi) is 4.28. The van der Waals surface area contributed by atoms with E-state index in [4.69, 9.17) is 9.84 Å². The summed E-state index contributed by atoms with van der Waals surface area (Å²) >= 11 is 0. The van der Waals surface area contributed by atoms with Crippen LogP contribution in [0.1, 0.15) is 39.0 Å². The summed E-state index contributed by atoms with van der Waals surface area (Å²) in [5, 5.41) is 9.16. The maximum atomic E-state index is 11.3. The minimum absolute atomic E-state index is 0.478. The zero-order chi connectivity index (χ0) is 13.2. The lowest BCUT2D eigenvalue weighted by molar-refractivity contribution is -0.947. The lowest BCUT2D eigenvalue weighted by atomic mass is 9.82. The van der Waals surface area contributed by atoms with E-state index in [9.17, 15) is 4.79 Å². The van der Waals surface area contributed by atoms with Crippen molar-refractivity contribution in [1.82, 2.24) is 0 Å². The number of ether oxygens (including phenoxy) is 1. The van der Waals surface area contributed by atoms with Crippen LogP contribution in [-0.4, -0.2) is 54.4 Å². The summed E-state index contributed by atoms with van der Waals surface area (Å²) in [6, 6.07) is 0.647. The molecule has 0 aromatic rings. The van der Waals surface area contributed by atoms with E-state index >= 15 is 0 Å². The van der Waals surface area contributed by atoms with E-state index in [-0.39, 0.29) is 0 Å². The number of hydrogen-bond donors (Lipinski definition) is 1. The van der Waals surface area contributed by atoms with Crippen molar-refractivity contribution in [3.05, 3.63) is 0 Å². The summed E-state index contributed by atoms with van der Waals surface area (Å²) in [7, 11) is 2.35. The molecule has 2 saturated heterocycles. The Balaban J connectivity index is 1.93. The lowest BCUT2D eigenvalue weighted by Crippen LogP contribution is -2.61. The van der Waals surface area contributed by atoms with E-state index in [2.05, 4.69) is 7.05 Å². The van der Waals surface area contributed by atoms with Crippen molar-refractivity contribution < 1.29 is 19.1 Å². The number of quaternary nitrogens is 1. The number of nitrogens with zero attached hydrogens (tertiary/aromatic N) is 1. The molecule has 0 spiro atoms. The molecule has 2 heterocycles. The number of fused-ring (bicyclic) bond motifs is 1. The van der Waals surface area contributed by atoms with E-state index in [1.807, 2.05) is 0 Å². The topological polar surface area (TPSA) is 46.5 Å². The molecule has 2 aliphatic rings. The summed E-state index contributed by atoms with van der Waals surface area (Å²) < 4.78 is 6.40. The Bertz CT molecular complexity index is 301. The Labute approximate surface area is 110 Å². The first-order valence-electron chi connectivity index (χ1n) is 7.22. The third-order valence-corrected chi connectivity index (χ3v) is 4.79. The second-order valence-corrected chi connectivity index (χ2v) is 6.20. The Morgan fingerprint density at radius 3 is 2.78 bits per heavy atom. The van der Waals surface area contributed by atoms with Gasteiger partial charge in [-0.2, -0.15) is 0 Å². The first kappa shape index (κ1) is 13.8. The van der Waals surface area contributed by atoms with Gasteiger partial charge in [0.1, 0.15) is 6.10 Å². The Morgan fingerprint density at radius 2 is 2.06 bits per heavy atom. The number of piperidine rings is 2. The van der Waals surface area contributed by atoms with Gasteiger partial charge in [-0.05, 0) is 32.6 Å². The average molecular weight is 256 g/mol. The van der Waals surface area contributed by atoms with Crippen LogP contribution in [0.3, 0.4) is 0 Å². The highest BCUT2D eigenvalue weighted by Crippen LogP contribution is 2.36. The van der Waals surface area contributed by atoms with Gasteiger partial charge in [0.15, 0.2) is 0 Å². The van der Waals surface area contributed by atoms with Crippen LogP contribution in [0.4, 0.5) is 0 Å². The zero-order valence-electron chi connectivity index (χ0n) is 11.6. The Hall–Kier alpha value is -0.610. The molecule has 0 amide bonds. The first-order valence-corrected chi connectivity index (χ1v) is 7.22. The molecule has 2 fully saturated rings. The molecule has 0 saturated carbocycles. The molecule has 0 aliphatic carbocycles. The fraction of sp³-hybridized carbons (Fsp3) is 0.929. The monoisotopic (exact) mass is 256 g/mol. The summed E-state index contributed by atoms with van der Waals surface area (Å²) in [5.74, 6) is -0.00247. The summed E-state index contributed by atoms with van der Waals surface area (Å²) in [5.41, 5.74) is 0. The predicted octanol–water partition coefficient (Wildman–Crippen LogP) is 1.32. The summed E-state index contributed by atoms with van der Waals surface area (Å²) in [6.45, 7) is 4.49. The third-order valence-electron chi connectivity index (χ3n) is 4.79. The lowest BCUT2D eigenvalue weighted by Gasteiger charge is -2.51. The molecule has 0 aromatic heterocycles. The van der Waals surface area contributed by atoms with Gasteiger partial charge in [-0.3, -0.25) is 0 Å². The Morgan fingerprint density at radius 1 is 1.33 bits per heavy atom. The van der Waals surface area contributed by atoms with Crippen LogP contribution in [0.2, 0.25) is 0 Å². The van der Waals surface area contributed by atoms with Crippen molar-refractivity contribution in [2.24, 2.45) is 5.92 Å². The molecular formula is C14H26NO3+. The van der Waals surface area contributed by atoms with Gasteiger partial charge in [-0.1, -0.05) is 0 Å². The smallest absolute Gasteiger partial charge is 0.334 e. The highest BCUT2D eigenvalue weighted by atomic mass is 16.5. The molecule has 4 atom stereocenters. The number of aliphatic hydroxyl groups excluding tert-OH is 1. The molecule has 18 heavy (non-hydrogen) atoms. The highest BCUT2D eigenvalue weighted by Gasteiger charge is 2.43. The molecule has 4 nitrogen and oxygen atoms in total. The molecule has 1 N–H and O–H groups in total. The zero-order valence-corrected chi connectivity index (χ0v) is 11.6. The van der Waals surface area contributed by atoms with E-state index in [0.717, 1.165) is 10.9 Å². The first-order chi connectivity index (χ1) is 8.53. The van der Waals surface area contributed by atoms with Crippen molar-refractivity contribution >= 4 is 5.97 Å². The standard InChI is InChI=1S/C14H26NO3/c1-11(16)14(17)18-10-12-6-5-9-15(2)8-4-3-7-13(12)15/h11-13,16H,3-10H2,1-2H3/q+1/t11-,12-,13-,15+/m0/s1. The second kappa shape index (κ2) is 5.57. The molecule has 0 unspecified atom stereocenters. The van der Waals surface area contributed by atoms with Crippen molar-refractivity contribution in [2.45, 2.75) is 51.2 Å². The number of carbonyl (C=O) groups is 1. The largest absolute Gasteiger partial charge is 0.463 e. The van der Waals surface area contributed by atoms with Crippen LogP contribution in [0.15, 0.2) is 0 Å². The molecule has 0 radical (unpaired) electrons. The van der Waals surface area contributed by atoms with Crippen molar-refractivity contribution in [3.63, 3.8) is 0 Å². The van der Waals surface area contributed by atoms with Gasteiger partial charge in [0.25, 0.3) is 0 Å². The van der Waals surface area contributed by atoms with E-state index in [1.165, 1.54) is 45.7 Å². The van der Waals surface area contributed by atoms with Crippen molar-refractivity contribution in [2.75, 3.05) is 26.7 Å². The minimum atomic E-state index is -0.999. The van der Waals surface area contributed by atoms with Crippen LogP contribution in [0, 0.1) is 5.92 Å². The molecule has 0 bridgehead atoms. The van der Waals surface area contributed by atoms with Gasteiger partial charge >= 0.3 is 5.97 Å². The third kappa shape index (κ3) is 2.86. The van der Waals surface area contributed by atoms with Crippen LogP contribution >= 0.6 is 0 Å². The van der Waals surface area contributed by atoms with Crippen molar-refractivity contribution in [3.8, 4) is 0 Å². The molecule has 4 heteroatoms. The number of rotatable bonds is 3. The van der Waals surface area contributed by atoms with Gasteiger partial charge in [-0.25, -0.2) is 4.79 Å². The van der Waals surface area contributed by atoms with Gasteiger partial charge in [-0.15, -0.1) is 0 Å². The highest BCUT2D eigenvalue weighted by molar-refractivity contribution is 5.73. The number of esters is 1. The maximum absolute atomic E-state index is 11.3. The van der Waals surface area contributed by atoms with Gasteiger partial charge in [0.2, 0.25) is 0 Å². The minimum Gasteiger partial charge on any atom is -0.463 e. The van der Waals surface area contributed by atoms with Gasteiger partial charge in [0, 0.05) is 12.3 Å². The van der Waals surface area contributed by atoms with E-state index in [0.29, 0.717) is 18.6 Å². The predicted molar refractivity (Wildman–Crippen MR) is 68.9 cm³/mol. The second-order valence-electron chi connectivity index (χ2n) is 6.20. The van der Waals surface area contributed by atoms with Crippen LogP contribution in [-0.2, 0) is 9.53 Å². The number of aliphatic hydroxyl groups is 1. The molecular weight excluding hydrogens is 230 g/mol. The number of hydrogen-bond acceptors (Lipinski definition) is 3. The van der Waals surface area contributed by atoms with Crippen molar-refractivity contribution in [1.29, 1.82) is 0 Å². The van der Waals surface area contributed by atoms with E-state index < -0.39 is 12.1 Å². The number of carbonyl (C=O) groups excluding carboxylic acids is 1. The summed E-state index contributed by atoms with van der Waals surface area (Å²) in [4.78, 5) is 11.3. The summed E-state index contributed by atoms with van der Waals surface area (Å²) in [6.07, 6.45) is 5.27. The molecule has 2 aliphatic heterocycles. The van der Waals surface area contributed by atoms with Crippen LogP contribution < -0.4 is 0 Å². The quantitative estimate of drug-likeness (QED) is 0.612. The maximum Gasteiger partial charge on any atom is 0.334 e. The average Bonchev–Trinajstić information content (AvgIpc) is 2.34. The molecule has 104 valence electrons. The molecule has 2 rings (SSSR count). The van der Waals surface area contributed by atoms with Crippen LogP contribution in [0.5, 0.6) is 0 Å². The molecule has 0 aromatic carbocycles. The van der Waals surface area contributed by atoms with Gasteiger partial charge in [0.05, 0.1) is 32.8 Å². The SMILES string of the molecule is C[C@H](O)C(=O)OC[C@@H]1CCC[N@@+]2(C)CCCC[C@@H]12. The fourth-order valence-electron chi connectivity index (χ4n) is 3.74. The normalized spacial score (nSPS) is 37.7. The fourth-order valence-corrected chi connectivity index (χ4v) is 3.74.